The third kappa shape index (κ3) is 2.30. The topological polar surface area (TPSA) is 85.7 Å². The highest BCUT2D eigenvalue weighted by Crippen LogP contribution is 2.38. The summed E-state index contributed by atoms with van der Waals surface area (Å²) in [4.78, 5) is 25.9. The number of anilines is 1. The molecule has 1 aliphatic heterocycles. The van der Waals surface area contributed by atoms with Gasteiger partial charge in [-0.2, -0.15) is 0 Å². The Kier molecular flexibility index (Phi) is 3.92. The van der Waals surface area contributed by atoms with Gasteiger partial charge in [-0.1, -0.05) is 12.1 Å². The third-order valence-corrected chi connectivity index (χ3v) is 5.54. The van der Waals surface area contributed by atoms with Crippen molar-refractivity contribution >= 4 is 27.6 Å². The van der Waals surface area contributed by atoms with Crippen LogP contribution in [0.5, 0.6) is 0 Å². The standard InChI is InChI=1S/C16H16N2O5S/c1-3-23-16(20)15-13-8-6-10-17(13)24(21,22)14-9-5-4-7-12(14)18(15)11(2)19/h4-10,15H,3H2,1-2H3. The molecule has 8 heteroatoms. The van der Waals surface area contributed by atoms with Gasteiger partial charge in [0.1, 0.15) is 4.90 Å². The van der Waals surface area contributed by atoms with E-state index in [0.29, 0.717) is 0 Å². The number of rotatable bonds is 2. The second-order valence-electron chi connectivity index (χ2n) is 5.25. The predicted molar refractivity (Wildman–Crippen MR) is 86.0 cm³/mol. The van der Waals surface area contributed by atoms with Crippen molar-refractivity contribution < 1.29 is 22.7 Å². The molecule has 0 spiro atoms. The van der Waals surface area contributed by atoms with Gasteiger partial charge in [-0.3, -0.25) is 9.69 Å². The first-order valence-corrected chi connectivity index (χ1v) is 8.82. The van der Waals surface area contributed by atoms with Crippen molar-refractivity contribution in [1.29, 1.82) is 0 Å². The van der Waals surface area contributed by atoms with E-state index in [1.54, 1.807) is 19.1 Å². The van der Waals surface area contributed by atoms with Crippen LogP contribution >= 0.6 is 0 Å². The molecule has 2 heterocycles. The Morgan fingerprint density at radius 3 is 2.54 bits per heavy atom. The second-order valence-corrected chi connectivity index (χ2v) is 7.03. The highest BCUT2D eigenvalue weighted by molar-refractivity contribution is 7.90. The van der Waals surface area contributed by atoms with Crippen LogP contribution in [0.1, 0.15) is 25.6 Å². The lowest BCUT2D eigenvalue weighted by atomic mass is 10.1. The minimum atomic E-state index is -3.93. The van der Waals surface area contributed by atoms with Gasteiger partial charge in [-0.15, -0.1) is 0 Å². The van der Waals surface area contributed by atoms with Crippen LogP contribution in [0.25, 0.3) is 0 Å². The fourth-order valence-corrected chi connectivity index (χ4v) is 4.42. The number of benzene rings is 1. The fourth-order valence-electron chi connectivity index (χ4n) is 2.86. The van der Waals surface area contributed by atoms with E-state index in [2.05, 4.69) is 0 Å². The molecule has 1 aromatic heterocycles. The van der Waals surface area contributed by atoms with Gasteiger partial charge in [0, 0.05) is 13.1 Å². The summed E-state index contributed by atoms with van der Waals surface area (Å²) in [6.45, 7) is 3.06. The zero-order chi connectivity index (χ0) is 17.5. The lowest BCUT2D eigenvalue weighted by molar-refractivity contribution is -0.146. The van der Waals surface area contributed by atoms with E-state index in [1.165, 1.54) is 42.3 Å². The van der Waals surface area contributed by atoms with Crippen LogP contribution in [-0.2, 0) is 24.3 Å². The van der Waals surface area contributed by atoms with Crippen molar-refractivity contribution in [3.63, 3.8) is 0 Å². The highest BCUT2D eigenvalue weighted by Gasteiger charge is 2.41. The Hall–Kier alpha value is -2.61. The van der Waals surface area contributed by atoms with Crippen LogP contribution < -0.4 is 4.90 Å². The first kappa shape index (κ1) is 16.3. The number of nitrogens with zero attached hydrogens (tertiary/aromatic N) is 2. The first-order valence-electron chi connectivity index (χ1n) is 7.38. The number of hydrogen-bond acceptors (Lipinski definition) is 5. The summed E-state index contributed by atoms with van der Waals surface area (Å²) in [6, 6.07) is 7.96. The quantitative estimate of drug-likeness (QED) is 0.771. The molecule has 126 valence electrons. The maximum Gasteiger partial charge on any atom is 0.335 e. The number of ether oxygens (including phenoxy) is 1. The number of para-hydroxylation sites is 1. The molecule has 1 amide bonds. The zero-order valence-corrected chi connectivity index (χ0v) is 14.0. The number of carbonyl (C=O) groups is 2. The maximum atomic E-state index is 12.9. The molecule has 1 aromatic carbocycles. The molecule has 7 nitrogen and oxygen atoms in total. The van der Waals surface area contributed by atoms with E-state index in [4.69, 9.17) is 4.74 Å². The number of aromatic nitrogens is 1. The van der Waals surface area contributed by atoms with Gasteiger partial charge in [-0.25, -0.2) is 17.2 Å². The average molecular weight is 348 g/mol. The van der Waals surface area contributed by atoms with E-state index in [1.807, 2.05) is 0 Å². The van der Waals surface area contributed by atoms with Crippen molar-refractivity contribution in [1.82, 2.24) is 3.97 Å². The molecule has 0 radical (unpaired) electrons. The molecule has 1 aliphatic rings. The molecule has 3 rings (SSSR count). The summed E-state index contributed by atoms with van der Waals surface area (Å²) < 4.78 is 32.0. The highest BCUT2D eigenvalue weighted by atomic mass is 32.2. The number of carbonyl (C=O) groups excluding carboxylic acids is 2. The predicted octanol–water partition coefficient (Wildman–Crippen LogP) is 1.70. The summed E-state index contributed by atoms with van der Waals surface area (Å²) >= 11 is 0. The van der Waals surface area contributed by atoms with Gasteiger partial charge >= 0.3 is 5.97 Å². The van der Waals surface area contributed by atoms with Crippen LogP contribution in [-0.4, -0.2) is 30.9 Å². The largest absolute Gasteiger partial charge is 0.464 e. The summed E-state index contributed by atoms with van der Waals surface area (Å²) in [5, 5.41) is 0. The minimum absolute atomic E-state index is 0.0375. The van der Waals surface area contributed by atoms with E-state index in [0.717, 1.165) is 3.97 Å². The Morgan fingerprint density at radius 1 is 1.17 bits per heavy atom. The number of fused-ring (bicyclic) bond motifs is 2. The molecule has 0 N–H and O–H groups in total. The Labute approximate surface area is 139 Å². The molecule has 0 fully saturated rings. The van der Waals surface area contributed by atoms with Gasteiger partial charge in [0.25, 0.3) is 10.0 Å². The van der Waals surface area contributed by atoms with E-state index >= 15 is 0 Å². The lowest BCUT2D eigenvalue weighted by Crippen LogP contribution is -2.39. The van der Waals surface area contributed by atoms with Gasteiger partial charge in [-0.05, 0) is 31.2 Å². The van der Waals surface area contributed by atoms with Crippen molar-refractivity contribution in [2.24, 2.45) is 0 Å². The molecule has 1 atom stereocenters. The summed E-state index contributed by atoms with van der Waals surface area (Å²) in [5.74, 6) is -1.13. The van der Waals surface area contributed by atoms with Crippen LogP contribution in [0.2, 0.25) is 0 Å². The van der Waals surface area contributed by atoms with Crippen molar-refractivity contribution in [2.45, 2.75) is 24.8 Å². The first-order chi connectivity index (χ1) is 11.4. The monoisotopic (exact) mass is 348 g/mol. The van der Waals surface area contributed by atoms with Crippen molar-refractivity contribution in [2.75, 3.05) is 11.5 Å². The molecule has 0 saturated carbocycles. The van der Waals surface area contributed by atoms with Gasteiger partial charge < -0.3 is 4.74 Å². The summed E-state index contributed by atoms with van der Waals surface area (Å²) in [6.07, 6.45) is 1.36. The smallest absolute Gasteiger partial charge is 0.335 e. The van der Waals surface area contributed by atoms with Crippen LogP contribution in [0.15, 0.2) is 47.5 Å². The van der Waals surface area contributed by atoms with E-state index in [9.17, 15) is 18.0 Å². The lowest BCUT2D eigenvalue weighted by Gasteiger charge is -2.27. The Bertz CT molecular complexity index is 916. The molecule has 0 bridgehead atoms. The molecule has 0 aliphatic carbocycles. The Morgan fingerprint density at radius 2 is 1.88 bits per heavy atom. The second kappa shape index (κ2) is 5.79. The third-order valence-electron chi connectivity index (χ3n) is 3.79. The minimum Gasteiger partial charge on any atom is -0.464 e. The molecule has 2 aromatic rings. The number of esters is 1. The molecule has 0 saturated heterocycles. The maximum absolute atomic E-state index is 12.9. The van der Waals surface area contributed by atoms with Crippen LogP contribution in [0.4, 0.5) is 5.69 Å². The van der Waals surface area contributed by atoms with Crippen LogP contribution in [0.3, 0.4) is 0 Å². The van der Waals surface area contributed by atoms with Crippen molar-refractivity contribution in [3.05, 3.63) is 48.3 Å². The summed E-state index contributed by atoms with van der Waals surface area (Å²) in [5.41, 5.74) is 0.326. The SMILES string of the molecule is CCOC(=O)C1c2cccn2S(=O)(=O)c2ccccc2N1C(C)=O. The summed E-state index contributed by atoms with van der Waals surface area (Å²) in [7, 11) is -3.93. The van der Waals surface area contributed by atoms with Gasteiger partial charge in [0.2, 0.25) is 5.91 Å². The van der Waals surface area contributed by atoms with Crippen molar-refractivity contribution in [3.8, 4) is 0 Å². The molecular weight excluding hydrogens is 332 g/mol. The average Bonchev–Trinajstić information content (AvgIpc) is 2.99. The van der Waals surface area contributed by atoms with Gasteiger partial charge in [0.15, 0.2) is 6.04 Å². The number of amides is 1. The molecular formula is C16H16N2O5S. The van der Waals surface area contributed by atoms with Crippen LogP contribution in [0, 0.1) is 0 Å². The fraction of sp³-hybridized carbons (Fsp3) is 0.250. The normalized spacial score (nSPS) is 18.2. The molecule has 24 heavy (non-hydrogen) atoms. The van der Waals surface area contributed by atoms with E-state index < -0.39 is 27.9 Å². The van der Waals surface area contributed by atoms with E-state index in [-0.39, 0.29) is 22.9 Å². The van der Waals surface area contributed by atoms with Gasteiger partial charge in [0.05, 0.1) is 18.0 Å². The Balaban J connectivity index is 2.38. The zero-order valence-electron chi connectivity index (χ0n) is 13.2. The number of hydrogen-bond donors (Lipinski definition) is 0. The molecule has 1 unspecified atom stereocenters.